The molecule has 0 saturated heterocycles. The van der Waals surface area contributed by atoms with Crippen LogP contribution in [0, 0.1) is 0 Å². The molecular weight excluding hydrogens is 278 g/mol. The molecule has 3 heteroatoms. The molecule has 1 aromatic heterocycles. The lowest BCUT2D eigenvalue weighted by Crippen LogP contribution is -2.32. The van der Waals surface area contributed by atoms with Crippen molar-refractivity contribution < 1.29 is 5.11 Å². The minimum atomic E-state index is -1.12. The van der Waals surface area contributed by atoms with Crippen molar-refractivity contribution in [3.63, 3.8) is 0 Å². The molecule has 1 aliphatic rings. The van der Waals surface area contributed by atoms with Crippen LogP contribution in [0.5, 0.6) is 0 Å². The zero-order chi connectivity index (χ0) is 14.3. The molecule has 0 fully saturated rings. The van der Waals surface area contributed by atoms with Crippen molar-refractivity contribution in [2.75, 3.05) is 0 Å². The summed E-state index contributed by atoms with van der Waals surface area (Å²) in [6, 6.07) is 19.8. The van der Waals surface area contributed by atoms with Crippen molar-refractivity contribution in [2.24, 2.45) is 0 Å². The van der Waals surface area contributed by atoms with E-state index in [-0.39, 0.29) is 0 Å². The number of hydrogen-bond acceptors (Lipinski definition) is 3. The van der Waals surface area contributed by atoms with E-state index in [0.717, 1.165) is 26.5 Å². The third-order valence-corrected chi connectivity index (χ3v) is 5.02. The molecule has 21 heavy (non-hydrogen) atoms. The number of benzene rings is 2. The third kappa shape index (κ3) is 1.82. The maximum absolute atomic E-state index is 11.6. The molecule has 2 nitrogen and oxygen atoms in total. The molecule has 0 aliphatic carbocycles. The summed E-state index contributed by atoms with van der Waals surface area (Å²) in [7, 11) is 0. The molecule has 0 unspecified atom stereocenters. The highest BCUT2D eigenvalue weighted by molar-refractivity contribution is 7.99. The van der Waals surface area contributed by atoms with E-state index >= 15 is 0 Å². The summed E-state index contributed by atoms with van der Waals surface area (Å²) in [5.74, 6) is 0. The van der Waals surface area contributed by atoms with Crippen LogP contribution in [0.4, 0.5) is 0 Å². The third-order valence-electron chi connectivity index (χ3n) is 3.87. The molecule has 0 bridgehead atoms. The summed E-state index contributed by atoms with van der Waals surface area (Å²) in [5, 5.41) is 11.6. The van der Waals surface area contributed by atoms with E-state index in [4.69, 9.17) is 0 Å². The highest BCUT2D eigenvalue weighted by Gasteiger charge is 2.40. The Morgan fingerprint density at radius 2 is 1.29 bits per heavy atom. The van der Waals surface area contributed by atoms with Gasteiger partial charge in [-0.15, -0.1) is 0 Å². The number of hydrogen-bond donors (Lipinski definition) is 1. The molecule has 2 heterocycles. The van der Waals surface area contributed by atoms with Gasteiger partial charge in [-0.25, -0.2) is 0 Å². The molecule has 1 N–H and O–H groups in total. The van der Waals surface area contributed by atoms with Gasteiger partial charge < -0.3 is 5.11 Å². The fourth-order valence-corrected chi connectivity index (χ4v) is 4.06. The van der Waals surface area contributed by atoms with Crippen LogP contribution < -0.4 is 0 Å². The molecule has 102 valence electrons. The molecule has 0 atom stereocenters. The van der Waals surface area contributed by atoms with Crippen LogP contribution in [-0.4, -0.2) is 10.1 Å². The summed E-state index contributed by atoms with van der Waals surface area (Å²) < 4.78 is 0. The second kappa shape index (κ2) is 4.72. The van der Waals surface area contributed by atoms with E-state index in [2.05, 4.69) is 17.1 Å². The SMILES string of the molecule is OC1(c2ccncc2)c2ccccc2Sc2ccccc21. The number of aromatic nitrogens is 1. The first-order valence-corrected chi connectivity index (χ1v) is 7.61. The van der Waals surface area contributed by atoms with Gasteiger partial charge in [0.1, 0.15) is 5.60 Å². The second-order valence-electron chi connectivity index (χ2n) is 5.04. The minimum absolute atomic E-state index is 0.845. The van der Waals surface area contributed by atoms with Crippen molar-refractivity contribution in [1.29, 1.82) is 0 Å². The number of pyridine rings is 1. The first-order chi connectivity index (χ1) is 10.3. The van der Waals surface area contributed by atoms with Gasteiger partial charge in [0.05, 0.1) is 0 Å². The maximum Gasteiger partial charge on any atom is 0.142 e. The molecule has 4 rings (SSSR count). The largest absolute Gasteiger partial charge is 0.376 e. The average molecular weight is 291 g/mol. The summed E-state index contributed by atoms with van der Waals surface area (Å²) >= 11 is 1.70. The van der Waals surface area contributed by atoms with Crippen molar-refractivity contribution in [3.8, 4) is 0 Å². The van der Waals surface area contributed by atoms with E-state index < -0.39 is 5.60 Å². The van der Waals surface area contributed by atoms with Gasteiger partial charge in [-0.05, 0) is 29.8 Å². The Balaban J connectivity index is 2.06. The van der Waals surface area contributed by atoms with Crippen molar-refractivity contribution >= 4 is 11.8 Å². The lowest BCUT2D eigenvalue weighted by atomic mass is 9.80. The zero-order valence-corrected chi connectivity index (χ0v) is 12.0. The van der Waals surface area contributed by atoms with Crippen LogP contribution >= 0.6 is 11.8 Å². The lowest BCUT2D eigenvalue weighted by molar-refractivity contribution is 0.118. The van der Waals surface area contributed by atoms with Crippen LogP contribution in [-0.2, 0) is 5.60 Å². The highest BCUT2D eigenvalue weighted by atomic mass is 32.2. The van der Waals surface area contributed by atoms with Crippen LogP contribution in [0.3, 0.4) is 0 Å². The zero-order valence-electron chi connectivity index (χ0n) is 11.2. The molecule has 0 radical (unpaired) electrons. The van der Waals surface area contributed by atoms with Gasteiger partial charge in [-0.2, -0.15) is 0 Å². The number of rotatable bonds is 1. The summed E-state index contributed by atoms with van der Waals surface area (Å²) in [6.07, 6.45) is 3.44. The Kier molecular flexibility index (Phi) is 2.84. The van der Waals surface area contributed by atoms with E-state index in [1.54, 1.807) is 24.2 Å². The Labute approximate surface area is 127 Å². The van der Waals surface area contributed by atoms with E-state index in [9.17, 15) is 5.11 Å². The van der Waals surface area contributed by atoms with Gasteiger partial charge in [-0.3, -0.25) is 4.98 Å². The molecule has 1 aliphatic heterocycles. The summed E-state index contributed by atoms with van der Waals surface area (Å²) in [6.45, 7) is 0. The average Bonchev–Trinajstić information content (AvgIpc) is 2.56. The quantitative estimate of drug-likeness (QED) is 0.739. The molecule has 3 aromatic rings. The fourth-order valence-electron chi connectivity index (χ4n) is 2.88. The second-order valence-corrected chi connectivity index (χ2v) is 6.12. The minimum Gasteiger partial charge on any atom is -0.376 e. The molecule has 0 saturated carbocycles. The monoisotopic (exact) mass is 291 g/mol. The highest BCUT2D eigenvalue weighted by Crippen LogP contribution is 2.50. The van der Waals surface area contributed by atoms with Gasteiger partial charge in [0, 0.05) is 33.3 Å². The Bertz CT molecular complexity index is 756. The van der Waals surface area contributed by atoms with Gasteiger partial charge in [0.25, 0.3) is 0 Å². The topological polar surface area (TPSA) is 33.1 Å². The molecule has 2 aromatic carbocycles. The van der Waals surface area contributed by atoms with Crippen LogP contribution in [0.25, 0.3) is 0 Å². The maximum atomic E-state index is 11.6. The van der Waals surface area contributed by atoms with E-state index in [1.807, 2.05) is 48.5 Å². The number of aliphatic hydroxyl groups is 1. The van der Waals surface area contributed by atoms with Gasteiger partial charge in [-0.1, -0.05) is 48.2 Å². The standard InChI is InChI=1S/C18H13NOS/c20-18(13-9-11-19-12-10-13)14-5-1-3-7-16(14)21-17-8-4-2-6-15(17)18/h1-12,20H. The normalized spacial score (nSPS) is 15.1. The van der Waals surface area contributed by atoms with Crippen LogP contribution in [0.1, 0.15) is 16.7 Å². The van der Waals surface area contributed by atoms with Crippen molar-refractivity contribution in [1.82, 2.24) is 4.98 Å². The van der Waals surface area contributed by atoms with Crippen molar-refractivity contribution in [3.05, 3.63) is 89.7 Å². The van der Waals surface area contributed by atoms with Gasteiger partial charge >= 0.3 is 0 Å². The van der Waals surface area contributed by atoms with E-state index in [0.29, 0.717) is 0 Å². The summed E-state index contributed by atoms with van der Waals surface area (Å²) in [4.78, 5) is 6.25. The van der Waals surface area contributed by atoms with Gasteiger partial charge in [0.15, 0.2) is 0 Å². The Morgan fingerprint density at radius 1 is 0.762 bits per heavy atom. The first kappa shape index (κ1) is 12.6. The fraction of sp³-hybridized carbons (Fsp3) is 0.0556. The Hall–Kier alpha value is -2.10. The summed E-state index contributed by atoms with van der Waals surface area (Å²) in [5.41, 5.74) is 1.58. The van der Waals surface area contributed by atoms with Crippen LogP contribution in [0.2, 0.25) is 0 Å². The first-order valence-electron chi connectivity index (χ1n) is 6.80. The number of nitrogens with zero attached hydrogens (tertiary/aromatic N) is 1. The van der Waals surface area contributed by atoms with Crippen LogP contribution in [0.15, 0.2) is 82.8 Å². The molecule has 0 amide bonds. The van der Waals surface area contributed by atoms with Crippen molar-refractivity contribution in [2.45, 2.75) is 15.4 Å². The lowest BCUT2D eigenvalue weighted by Gasteiger charge is -2.36. The Morgan fingerprint density at radius 3 is 1.86 bits per heavy atom. The molecular formula is C18H13NOS. The van der Waals surface area contributed by atoms with E-state index in [1.165, 1.54) is 0 Å². The van der Waals surface area contributed by atoms with Gasteiger partial charge in [0.2, 0.25) is 0 Å². The smallest absolute Gasteiger partial charge is 0.142 e. The number of fused-ring (bicyclic) bond motifs is 2. The predicted molar refractivity (Wildman–Crippen MR) is 83.3 cm³/mol. The molecule has 0 spiro atoms. The predicted octanol–water partition coefficient (Wildman–Crippen LogP) is 3.83.